The topological polar surface area (TPSA) is 49.3 Å². The third kappa shape index (κ3) is 4.97. The Morgan fingerprint density at radius 3 is 2.57 bits per heavy atom. The molecule has 0 amide bonds. The molecule has 6 heteroatoms. The molecule has 0 bridgehead atoms. The normalized spacial score (nSPS) is 11.6. The second-order valence-electron chi connectivity index (χ2n) is 5.34. The molecule has 23 heavy (non-hydrogen) atoms. The summed E-state index contributed by atoms with van der Waals surface area (Å²) in [7, 11) is 1.79. The van der Waals surface area contributed by atoms with E-state index in [1.165, 1.54) is 20.9 Å². The van der Waals surface area contributed by atoms with E-state index in [-0.39, 0.29) is 0 Å². The van der Waals surface area contributed by atoms with Crippen molar-refractivity contribution in [3.8, 4) is 0 Å². The largest absolute Gasteiger partial charge is 0.352 e. The second-order valence-corrected chi connectivity index (χ2v) is 7.48. The zero-order valence-corrected chi connectivity index (χ0v) is 16.0. The second kappa shape index (κ2) is 8.36. The number of aromatic nitrogens is 1. The van der Waals surface area contributed by atoms with Crippen molar-refractivity contribution in [3.63, 3.8) is 0 Å². The average Bonchev–Trinajstić information content (AvgIpc) is 2.86. The van der Waals surface area contributed by atoms with Gasteiger partial charge in [0.1, 0.15) is 5.01 Å². The molecule has 0 fully saturated rings. The van der Waals surface area contributed by atoms with E-state index in [1.54, 1.807) is 30.1 Å². The molecule has 0 unspecified atom stereocenters. The van der Waals surface area contributed by atoms with Crippen LogP contribution in [0.25, 0.3) is 0 Å². The monoisotopic (exact) mass is 348 g/mol. The molecule has 2 rings (SSSR count). The minimum Gasteiger partial charge on any atom is -0.352 e. The number of nitrogens with one attached hydrogen (secondary N) is 2. The zero-order chi connectivity index (χ0) is 16.8. The van der Waals surface area contributed by atoms with Gasteiger partial charge >= 0.3 is 0 Å². The smallest absolute Gasteiger partial charge is 0.191 e. The molecule has 124 valence electrons. The van der Waals surface area contributed by atoms with Gasteiger partial charge in [0.05, 0.1) is 12.2 Å². The molecule has 1 aromatic carbocycles. The number of benzene rings is 1. The fraction of sp³-hybridized carbons (Fsp3) is 0.412. The van der Waals surface area contributed by atoms with Crippen LogP contribution in [0.1, 0.15) is 26.7 Å². The molecule has 0 atom stereocenters. The van der Waals surface area contributed by atoms with E-state index in [1.807, 2.05) is 6.92 Å². The number of hydrogen-bond donors (Lipinski definition) is 2. The van der Waals surface area contributed by atoms with Crippen LogP contribution in [-0.4, -0.2) is 24.2 Å². The summed E-state index contributed by atoms with van der Waals surface area (Å²) in [4.78, 5) is 11.4. The lowest BCUT2D eigenvalue weighted by atomic mass is 10.1. The maximum Gasteiger partial charge on any atom is 0.191 e. The number of thioether (sulfide) groups is 1. The molecule has 2 aromatic rings. The van der Waals surface area contributed by atoms with Crippen molar-refractivity contribution in [2.75, 3.05) is 13.3 Å². The Balaban J connectivity index is 1.93. The predicted molar refractivity (Wildman–Crippen MR) is 102 cm³/mol. The number of guanidine groups is 1. The van der Waals surface area contributed by atoms with E-state index < -0.39 is 0 Å². The third-order valence-electron chi connectivity index (χ3n) is 3.59. The molecule has 2 N–H and O–H groups in total. The Hall–Kier alpha value is -1.53. The molecule has 4 nitrogen and oxygen atoms in total. The highest BCUT2D eigenvalue weighted by Crippen LogP contribution is 2.21. The van der Waals surface area contributed by atoms with Crippen LogP contribution in [-0.2, 0) is 13.1 Å². The van der Waals surface area contributed by atoms with E-state index in [2.05, 4.69) is 58.9 Å². The number of nitrogens with zero attached hydrogens (tertiary/aromatic N) is 2. The van der Waals surface area contributed by atoms with Crippen molar-refractivity contribution in [1.29, 1.82) is 0 Å². The first-order chi connectivity index (χ1) is 11.0. The van der Waals surface area contributed by atoms with Gasteiger partial charge in [0.2, 0.25) is 0 Å². The zero-order valence-electron chi connectivity index (χ0n) is 14.4. The van der Waals surface area contributed by atoms with Crippen LogP contribution in [0.15, 0.2) is 28.1 Å². The summed E-state index contributed by atoms with van der Waals surface area (Å²) < 4.78 is 0. The lowest BCUT2D eigenvalue weighted by Crippen LogP contribution is -2.36. The van der Waals surface area contributed by atoms with Crippen molar-refractivity contribution in [3.05, 3.63) is 44.9 Å². The number of rotatable bonds is 5. The summed E-state index contributed by atoms with van der Waals surface area (Å²) in [6.07, 6.45) is 2.11. The molecule has 0 saturated carbocycles. The summed E-state index contributed by atoms with van der Waals surface area (Å²) in [5.41, 5.74) is 3.68. The molecule has 0 radical (unpaired) electrons. The maximum absolute atomic E-state index is 4.54. The minimum atomic E-state index is 0.697. The van der Waals surface area contributed by atoms with Crippen LogP contribution in [0.5, 0.6) is 0 Å². The number of hydrogen-bond acceptors (Lipinski definition) is 4. The summed E-state index contributed by atoms with van der Waals surface area (Å²) in [6.45, 7) is 7.72. The summed E-state index contributed by atoms with van der Waals surface area (Å²) in [5, 5.41) is 7.79. The third-order valence-corrected chi connectivity index (χ3v) is 5.49. The minimum absolute atomic E-state index is 0.697. The first kappa shape index (κ1) is 17.8. The van der Waals surface area contributed by atoms with Gasteiger partial charge in [-0.1, -0.05) is 12.1 Å². The SMILES string of the molecule is CN=C(NCc1nc(C)c(C)s1)NCc1ccc(C)cc1SC. The van der Waals surface area contributed by atoms with Gasteiger partial charge in [-0.05, 0) is 44.2 Å². The number of aryl methyl sites for hydroxylation is 3. The Bertz CT molecular complexity index is 672. The first-order valence-electron chi connectivity index (χ1n) is 7.54. The summed E-state index contributed by atoms with van der Waals surface area (Å²) in [5.74, 6) is 0.795. The predicted octanol–water partition coefficient (Wildman–Crippen LogP) is 3.66. The molecule has 0 aliphatic carbocycles. The van der Waals surface area contributed by atoms with Gasteiger partial charge in [-0.2, -0.15) is 0 Å². The maximum atomic E-state index is 4.54. The van der Waals surface area contributed by atoms with Crippen LogP contribution in [0.2, 0.25) is 0 Å². The molecular formula is C17H24N4S2. The highest BCUT2D eigenvalue weighted by molar-refractivity contribution is 7.98. The number of aliphatic imine (C=N–C) groups is 1. The van der Waals surface area contributed by atoms with Crippen LogP contribution in [0, 0.1) is 20.8 Å². The van der Waals surface area contributed by atoms with Gasteiger partial charge in [-0.15, -0.1) is 23.1 Å². The van der Waals surface area contributed by atoms with Crippen molar-refractivity contribution in [2.45, 2.75) is 38.8 Å². The van der Waals surface area contributed by atoms with Gasteiger partial charge in [0, 0.05) is 23.4 Å². The van der Waals surface area contributed by atoms with E-state index in [9.17, 15) is 0 Å². The quantitative estimate of drug-likeness (QED) is 0.492. The van der Waals surface area contributed by atoms with E-state index in [0.717, 1.165) is 23.2 Å². The molecular weight excluding hydrogens is 324 g/mol. The molecule has 0 aliphatic rings. The van der Waals surface area contributed by atoms with Gasteiger partial charge in [-0.25, -0.2) is 4.98 Å². The van der Waals surface area contributed by atoms with Crippen LogP contribution in [0.3, 0.4) is 0 Å². The molecule has 1 aromatic heterocycles. The van der Waals surface area contributed by atoms with E-state index in [0.29, 0.717) is 6.54 Å². The van der Waals surface area contributed by atoms with Crippen LogP contribution < -0.4 is 10.6 Å². The van der Waals surface area contributed by atoms with Crippen molar-refractivity contribution in [1.82, 2.24) is 15.6 Å². The standard InChI is InChI=1S/C17H24N4S2/c1-11-6-7-14(15(8-11)22-5)9-19-17(18-4)20-10-16-21-12(2)13(3)23-16/h6-8H,9-10H2,1-5H3,(H2,18,19,20). The molecule has 0 aliphatic heterocycles. The van der Waals surface area contributed by atoms with E-state index >= 15 is 0 Å². The Morgan fingerprint density at radius 2 is 1.96 bits per heavy atom. The highest BCUT2D eigenvalue weighted by atomic mass is 32.2. The van der Waals surface area contributed by atoms with Crippen molar-refractivity contribution in [2.24, 2.45) is 4.99 Å². The molecule has 0 saturated heterocycles. The number of thiazole rings is 1. The Labute approximate surface area is 146 Å². The van der Waals surface area contributed by atoms with Gasteiger partial charge in [-0.3, -0.25) is 4.99 Å². The first-order valence-corrected chi connectivity index (χ1v) is 9.58. The lowest BCUT2D eigenvalue weighted by Gasteiger charge is -2.13. The summed E-state index contributed by atoms with van der Waals surface area (Å²) >= 11 is 3.50. The lowest BCUT2D eigenvalue weighted by molar-refractivity contribution is 0.796. The van der Waals surface area contributed by atoms with Crippen LogP contribution in [0.4, 0.5) is 0 Å². The van der Waals surface area contributed by atoms with Gasteiger partial charge in [0.25, 0.3) is 0 Å². The van der Waals surface area contributed by atoms with E-state index in [4.69, 9.17) is 0 Å². The summed E-state index contributed by atoms with van der Waals surface area (Å²) in [6, 6.07) is 6.54. The highest BCUT2D eigenvalue weighted by Gasteiger charge is 2.06. The fourth-order valence-electron chi connectivity index (χ4n) is 2.17. The molecule has 0 spiro atoms. The fourth-order valence-corrected chi connectivity index (χ4v) is 3.75. The van der Waals surface area contributed by atoms with Crippen molar-refractivity contribution < 1.29 is 0 Å². The van der Waals surface area contributed by atoms with Gasteiger partial charge in [0.15, 0.2) is 5.96 Å². The Morgan fingerprint density at radius 1 is 1.22 bits per heavy atom. The van der Waals surface area contributed by atoms with Crippen LogP contribution >= 0.6 is 23.1 Å². The Kier molecular flexibility index (Phi) is 6.47. The van der Waals surface area contributed by atoms with Crippen molar-refractivity contribution >= 4 is 29.1 Å². The van der Waals surface area contributed by atoms with Gasteiger partial charge < -0.3 is 10.6 Å². The molecule has 1 heterocycles. The average molecular weight is 349 g/mol.